The van der Waals surface area contributed by atoms with Gasteiger partial charge in [0.05, 0.1) is 0 Å². The van der Waals surface area contributed by atoms with Crippen molar-refractivity contribution in [2.45, 2.75) is 26.2 Å². The minimum atomic E-state index is 0.294. The maximum Gasteiger partial charge on any atom is 0.158 e. The van der Waals surface area contributed by atoms with Gasteiger partial charge in [-0.3, -0.25) is 4.79 Å². The molecule has 0 aromatic heterocycles. The molecule has 0 N–H and O–H groups in total. The van der Waals surface area contributed by atoms with Crippen LogP contribution in [0.1, 0.15) is 31.7 Å². The van der Waals surface area contributed by atoms with Crippen LogP contribution in [-0.4, -0.2) is 5.78 Å². The monoisotopic (exact) mass is 290 g/mol. The zero-order valence-electron chi connectivity index (χ0n) is 9.87. The van der Waals surface area contributed by atoms with Crippen LogP contribution in [-0.2, 0) is 4.79 Å². The van der Waals surface area contributed by atoms with Crippen LogP contribution in [0.15, 0.2) is 46.0 Å². The van der Waals surface area contributed by atoms with Gasteiger partial charge in [0.15, 0.2) is 5.78 Å². The number of hydrogen-bond donors (Lipinski definition) is 0. The number of benzene rings is 1. The Morgan fingerprint density at radius 2 is 1.94 bits per heavy atom. The van der Waals surface area contributed by atoms with E-state index < -0.39 is 0 Å². The second-order valence-corrected chi connectivity index (χ2v) is 5.14. The van der Waals surface area contributed by atoms with Crippen molar-refractivity contribution in [3.63, 3.8) is 0 Å². The van der Waals surface area contributed by atoms with Gasteiger partial charge in [-0.1, -0.05) is 46.3 Å². The van der Waals surface area contributed by atoms with Crippen LogP contribution in [0, 0.1) is 0 Å². The number of allylic oxidation sites excluding steroid dienone is 3. The topological polar surface area (TPSA) is 17.1 Å². The van der Waals surface area contributed by atoms with Crippen molar-refractivity contribution in [3.8, 4) is 0 Å². The first-order valence-corrected chi connectivity index (χ1v) is 6.63. The molecule has 2 rings (SSSR count). The van der Waals surface area contributed by atoms with Crippen molar-refractivity contribution in [2.75, 3.05) is 0 Å². The summed E-state index contributed by atoms with van der Waals surface area (Å²) in [5, 5.41) is 0. The van der Waals surface area contributed by atoms with Crippen LogP contribution in [0.25, 0.3) is 6.08 Å². The van der Waals surface area contributed by atoms with Gasteiger partial charge in [-0.15, -0.1) is 0 Å². The third-order valence-electron chi connectivity index (χ3n) is 3.12. The van der Waals surface area contributed by atoms with E-state index in [4.69, 9.17) is 0 Å². The highest BCUT2D eigenvalue weighted by atomic mass is 79.9. The van der Waals surface area contributed by atoms with E-state index in [1.54, 1.807) is 0 Å². The summed E-state index contributed by atoms with van der Waals surface area (Å²) >= 11 is 3.51. The standard InChI is InChI=1S/C15H15BrO/c1-11-12(6-4-8-15(11)17)9-10-13-5-2-3-7-14(13)16/h2-3,5,7,9-10H,4,6,8H2,1H3/b10-9+. The van der Waals surface area contributed by atoms with E-state index >= 15 is 0 Å². The van der Waals surface area contributed by atoms with Crippen LogP contribution in [0.3, 0.4) is 0 Å². The molecular weight excluding hydrogens is 276 g/mol. The van der Waals surface area contributed by atoms with E-state index in [-0.39, 0.29) is 0 Å². The zero-order valence-corrected chi connectivity index (χ0v) is 11.5. The summed E-state index contributed by atoms with van der Waals surface area (Å²) in [4.78, 5) is 11.6. The highest BCUT2D eigenvalue weighted by Crippen LogP contribution is 2.24. The van der Waals surface area contributed by atoms with E-state index in [1.807, 2.05) is 25.1 Å². The highest BCUT2D eigenvalue weighted by molar-refractivity contribution is 9.10. The van der Waals surface area contributed by atoms with Gasteiger partial charge in [0, 0.05) is 10.9 Å². The number of halogens is 1. The van der Waals surface area contributed by atoms with Crippen LogP contribution >= 0.6 is 15.9 Å². The smallest absolute Gasteiger partial charge is 0.158 e. The van der Waals surface area contributed by atoms with Gasteiger partial charge in [0.25, 0.3) is 0 Å². The maximum absolute atomic E-state index is 11.6. The summed E-state index contributed by atoms with van der Waals surface area (Å²) < 4.78 is 1.08. The van der Waals surface area contributed by atoms with Gasteiger partial charge in [-0.25, -0.2) is 0 Å². The number of carbonyl (C=O) groups is 1. The van der Waals surface area contributed by atoms with Crippen molar-refractivity contribution in [1.82, 2.24) is 0 Å². The molecule has 0 heterocycles. The fraction of sp³-hybridized carbons (Fsp3) is 0.267. The summed E-state index contributed by atoms with van der Waals surface area (Å²) in [6.45, 7) is 1.93. The quantitative estimate of drug-likeness (QED) is 0.782. The number of ketones is 1. The van der Waals surface area contributed by atoms with Gasteiger partial charge >= 0.3 is 0 Å². The summed E-state index contributed by atoms with van der Waals surface area (Å²) in [5.41, 5.74) is 3.25. The lowest BCUT2D eigenvalue weighted by Crippen LogP contribution is -2.07. The molecule has 0 spiro atoms. The fourth-order valence-electron chi connectivity index (χ4n) is 2.00. The predicted octanol–water partition coefficient (Wildman–Crippen LogP) is 4.53. The van der Waals surface area contributed by atoms with Crippen molar-refractivity contribution < 1.29 is 4.79 Å². The summed E-state index contributed by atoms with van der Waals surface area (Å²) in [6.07, 6.45) is 6.84. The second-order valence-electron chi connectivity index (χ2n) is 4.28. The van der Waals surface area contributed by atoms with Crippen molar-refractivity contribution >= 4 is 27.8 Å². The van der Waals surface area contributed by atoms with Crippen molar-refractivity contribution in [3.05, 3.63) is 51.5 Å². The van der Waals surface area contributed by atoms with E-state index in [0.29, 0.717) is 12.2 Å². The summed E-state index contributed by atoms with van der Waals surface area (Å²) in [6, 6.07) is 8.09. The number of rotatable bonds is 2. The maximum atomic E-state index is 11.6. The van der Waals surface area contributed by atoms with Gasteiger partial charge in [0.2, 0.25) is 0 Å². The minimum Gasteiger partial charge on any atom is -0.295 e. The Morgan fingerprint density at radius 1 is 1.18 bits per heavy atom. The molecule has 0 atom stereocenters. The number of carbonyl (C=O) groups excluding carboxylic acids is 1. The molecule has 0 aliphatic heterocycles. The second kappa shape index (κ2) is 5.46. The molecule has 0 fully saturated rings. The Balaban J connectivity index is 2.24. The molecule has 88 valence electrons. The van der Waals surface area contributed by atoms with Crippen LogP contribution in [0.2, 0.25) is 0 Å². The molecule has 1 nitrogen and oxygen atoms in total. The molecule has 0 amide bonds. The molecule has 1 aromatic rings. The van der Waals surface area contributed by atoms with Crippen molar-refractivity contribution in [1.29, 1.82) is 0 Å². The molecule has 1 aliphatic rings. The largest absolute Gasteiger partial charge is 0.295 e. The molecule has 0 bridgehead atoms. The molecular formula is C15H15BrO. The summed E-state index contributed by atoms with van der Waals surface area (Å²) in [7, 11) is 0. The summed E-state index contributed by atoms with van der Waals surface area (Å²) in [5.74, 6) is 0.294. The van der Waals surface area contributed by atoms with Crippen LogP contribution < -0.4 is 0 Å². The minimum absolute atomic E-state index is 0.294. The lowest BCUT2D eigenvalue weighted by atomic mass is 9.91. The fourth-order valence-corrected chi connectivity index (χ4v) is 2.42. The van der Waals surface area contributed by atoms with Crippen LogP contribution in [0.5, 0.6) is 0 Å². The Hall–Kier alpha value is -1.15. The van der Waals surface area contributed by atoms with Gasteiger partial charge < -0.3 is 0 Å². The Kier molecular flexibility index (Phi) is 3.95. The molecule has 0 saturated carbocycles. The van der Waals surface area contributed by atoms with E-state index in [1.165, 1.54) is 5.57 Å². The molecule has 2 heteroatoms. The first-order chi connectivity index (χ1) is 8.18. The number of Topliss-reactive ketones (excluding diaryl/α,β-unsaturated/α-hetero) is 1. The number of hydrogen-bond acceptors (Lipinski definition) is 1. The van der Waals surface area contributed by atoms with Crippen molar-refractivity contribution in [2.24, 2.45) is 0 Å². The van der Waals surface area contributed by atoms with Gasteiger partial charge in [-0.2, -0.15) is 0 Å². The van der Waals surface area contributed by atoms with Gasteiger partial charge in [-0.05, 0) is 42.5 Å². The molecule has 17 heavy (non-hydrogen) atoms. The lowest BCUT2D eigenvalue weighted by Gasteiger charge is -2.13. The molecule has 0 radical (unpaired) electrons. The average Bonchev–Trinajstić information content (AvgIpc) is 2.33. The van der Waals surface area contributed by atoms with Gasteiger partial charge in [0.1, 0.15) is 0 Å². The predicted molar refractivity (Wildman–Crippen MR) is 74.7 cm³/mol. The van der Waals surface area contributed by atoms with E-state index in [2.05, 4.69) is 34.1 Å². The molecule has 0 unspecified atom stereocenters. The first-order valence-electron chi connectivity index (χ1n) is 5.84. The molecule has 1 aromatic carbocycles. The molecule has 1 aliphatic carbocycles. The third-order valence-corrected chi connectivity index (χ3v) is 3.84. The normalized spacial score (nSPS) is 16.9. The zero-order chi connectivity index (χ0) is 12.3. The first kappa shape index (κ1) is 12.3. The van der Waals surface area contributed by atoms with Crippen LogP contribution in [0.4, 0.5) is 0 Å². The van der Waals surface area contributed by atoms with E-state index in [0.717, 1.165) is 28.5 Å². The average molecular weight is 291 g/mol. The van der Waals surface area contributed by atoms with E-state index in [9.17, 15) is 4.79 Å². The Labute approximate surface area is 110 Å². The molecule has 0 saturated heterocycles. The third kappa shape index (κ3) is 2.95. The Morgan fingerprint density at radius 3 is 2.71 bits per heavy atom. The Bertz CT molecular complexity index is 497. The lowest BCUT2D eigenvalue weighted by molar-refractivity contribution is -0.116. The highest BCUT2D eigenvalue weighted by Gasteiger charge is 2.14. The SMILES string of the molecule is CC1=C(/C=C/c2ccccc2Br)CCCC1=O.